The number of aryl methyl sites for hydroxylation is 2. The third kappa shape index (κ3) is 3.61. The number of rotatable bonds is 5. The molecule has 0 aromatic carbocycles. The Bertz CT molecular complexity index is 499. The summed E-state index contributed by atoms with van der Waals surface area (Å²) < 4.78 is 6.96. The molecule has 1 aliphatic rings. The smallest absolute Gasteiger partial charge is 0.326 e. The topological polar surface area (TPSA) is 56.1 Å². The molecule has 1 heterocycles. The number of ether oxygens (including phenoxy) is 1. The molecule has 118 valence electrons. The van der Waals surface area contributed by atoms with Crippen molar-refractivity contribution in [3.8, 4) is 0 Å². The summed E-state index contributed by atoms with van der Waals surface area (Å²) in [4.78, 5) is 12.2. The van der Waals surface area contributed by atoms with Gasteiger partial charge in [0.15, 0.2) is 0 Å². The average Bonchev–Trinajstić information content (AvgIpc) is 2.76. The zero-order chi connectivity index (χ0) is 15.5. The second-order valence-electron chi connectivity index (χ2n) is 5.69. The van der Waals surface area contributed by atoms with Gasteiger partial charge in [0, 0.05) is 12.3 Å². The van der Waals surface area contributed by atoms with Crippen molar-refractivity contribution >= 4 is 17.7 Å². The Labute approximate surface area is 130 Å². The lowest BCUT2D eigenvalue weighted by atomic mass is 9.81. The molecule has 5 nitrogen and oxygen atoms in total. The lowest BCUT2D eigenvalue weighted by Crippen LogP contribution is -2.56. The molecular weight excluding hydrogens is 286 g/mol. The van der Waals surface area contributed by atoms with Gasteiger partial charge < -0.3 is 10.1 Å². The van der Waals surface area contributed by atoms with Crippen LogP contribution in [0.15, 0.2) is 11.1 Å². The minimum absolute atomic E-state index is 0.129. The molecule has 1 aromatic rings. The maximum atomic E-state index is 12.2. The number of esters is 1. The van der Waals surface area contributed by atoms with Gasteiger partial charge in [-0.25, -0.2) is 0 Å². The summed E-state index contributed by atoms with van der Waals surface area (Å²) >= 11 is 1.82. The predicted molar refractivity (Wildman–Crippen MR) is 84.5 cm³/mol. The molecule has 0 bridgehead atoms. The third-order valence-electron chi connectivity index (χ3n) is 4.04. The van der Waals surface area contributed by atoms with Crippen molar-refractivity contribution < 1.29 is 9.53 Å². The van der Waals surface area contributed by atoms with E-state index in [1.54, 1.807) is 0 Å². The summed E-state index contributed by atoms with van der Waals surface area (Å²) in [6, 6.07) is 2.10. The van der Waals surface area contributed by atoms with Crippen LogP contribution in [-0.2, 0) is 16.6 Å². The molecule has 1 aliphatic carbocycles. The van der Waals surface area contributed by atoms with Crippen molar-refractivity contribution in [2.24, 2.45) is 7.05 Å². The molecule has 0 amide bonds. The van der Waals surface area contributed by atoms with Gasteiger partial charge in [0.25, 0.3) is 0 Å². The van der Waals surface area contributed by atoms with Gasteiger partial charge in [-0.3, -0.25) is 9.48 Å². The molecule has 1 N–H and O–H groups in total. The maximum absolute atomic E-state index is 12.2. The van der Waals surface area contributed by atoms with Gasteiger partial charge in [-0.05, 0) is 45.2 Å². The molecule has 2 rings (SSSR count). The molecule has 1 saturated carbocycles. The SMILES string of the molecule is CCNC1(C(=O)OC)CCCC(Sc2cc(C)nn2C)C1. The Morgan fingerprint density at radius 1 is 1.67 bits per heavy atom. The lowest BCUT2D eigenvalue weighted by molar-refractivity contribution is -0.150. The van der Waals surface area contributed by atoms with E-state index in [0.29, 0.717) is 5.25 Å². The molecule has 0 aliphatic heterocycles. The van der Waals surface area contributed by atoms with Crippen LogP contribution < -0.4 is 5.32 Å². The number of methoxy groups -OCH3 is 1. The Kier molecular flexibility index (Phi) is 5.32. The Balaban J connectivity index is 2.11. The molecule has 6 heteroatoms. The highest BCUT2D eigenvalue weighted by Crippen LogP contribution is 2.39. The van der Waals surface area contributed by atoms with E-state index in [9.17, 15) is 4.79 Å². The van der Waals surface area contributed by atoms with Crippen molar-refractivity contribution in [2.75, 3.05) is 13.7 Å². The van der Waals surface area contributed by atoms with E-state index in [1.807, 2.05) is 37.3 Å². The van der Waals surface area contributed by atoms with E-state index < -0.39 is 5.54 Å². The fourth-order valence-corrected chi connectivity index (χ4v) is 4.57. The van der Waals surface area contributed by atoms with Gasteiger partial charge in [-0.1, -0.05) is 6.92 Å². The summed E-state index contributed by atoms with van der Waals surface area (Å²) in [6.07, 6.45) is 3.83. The summed E-state index contributed by atoms with van der Waals surface area (Å²) in [5, 5.41) is 9.33. The molecule has 1 fully saturated rings. The number of hydrogen-bond donors (Lipinski definition) is 1. The van der Waals surface area contributed by atoms with Crippen LogP contribution in [0.25, 0.3) is 0 Å². The second-order valence-corrected chi connectivity index (χ2v) is 7.01. The molecule has 0 radical (unpaired) electrons. The second kappa shape index (κ2) is 6.83. The van der Waals surface area contributed by atoms with Gasteiger partial charge in [0.1, 0.15) is 5.54 Å². The largest absolute Gasteiger partial charge is 0.468 e. The zero-order valence-electron chi connectivity index (χ0n) is 13.3. The highest BCUT2D eigenvalue weighted by Gasteiger charge is 2.43. The number of hydrogen-bond acceptors (Lipinski definition) is 5. The lowest BCUT2D eigenvalue weighted by Gasteiger charge is -2.38. The highest BCUT2D eigenvalue weighted by molar-refractivity contribution is 7.99. The van der Waals surface area contributed by atoms with Crippen LogP contribution in [0.1, 0.15) is 38.3 Å². The van der Waals surface area contributed by atoms with E-state index in [2.05, 4.69) is 16.5 Å². The number of carbonyl (C=O) groups excluding carboxylic acids is 1. The first-order chi connectivity index (χ1) is 10.0. The fourth-order valence-electron chi connectivity index (χ4n) is 3.14. The molecule has 0 saturated heterocycles. The van der Waals surface area contributed by atoms with Crippen LogP contribution in [0.2, 0.25) is 0 Å². The van der Waals surface area contributed by atoms with Crippen LogP contribution in [0, 0.1) is 6.92 Å². The summed E-state index contributed by atoms with van der Waals surface area (Å²) in [7, 11) is 3.44. The number of aromatic nitrogens is 2. The van der Waals surface area contributed by atoms with Crippen LogP contribution in [-0.4, -0.2) is 40.2 Å². The monoisotopic (exact) mass is 311 g/mol. The van der Waals surface area contributed by atoms with Gasteiger partial charge in [0.2, 0.25) is 0 Å². The normalized spacial score (nSPS) is 25.8. The molecule has 21 heavy (non-hydrogen) atoms. The quantitative estimate of drug-likeness (QED) is 0.846. The maximum Gasteiger partial charge on any atom is 0.326 e. The highest BCUT2D eigenvalue weighted by atomic mass is 32.2. The standard InChI is InChI=1S/C15H25N3O2S/c1-5-16-15(14(19)20-4)8-6-7-12(10-15)21-13-9-11(2)17-18(13)3/h9,12,16H,5-8,10H2,1-4H3. The van der Waals surface area contributed by atoms with E-state index in [0.717, 1.165) is 42.9 Å². The summed E-state index contributed by atoms with van der Waals surface area (Å²) in [5.41, 5.74) is 0.509. The molecule has 0 spiro atoms. The Morgan fingerprint density at radius 2 is 2.43 bits per heavy atom. The van der Waals surface area contributed by atoms with E-state index in [1.165, 1.54) is 7.11 Å². The van der Waals surface area contributed by atoms with Crippen molar-refractivity contribution in [2.45, 2.75) is 55.3 Å². The first-order valence-corrected chi connectivity index (χ1v) is 8.39. The molecular formula is C15H25N3O2S. The summed E-state index contributed by atoms with van der Waals surface area (Å²) in [6.45, 7) is 4.81. The zero-order valence-corrected chi connectivity index (χ0v) is 14.1. The van der Waals surface area contributed by atoms with Crippen molar-refractivity contribution in [1.29, 1.82) is 0 Å². The molecule has 2 atom stereocenters. The minimum Gasteiger partial charge on any atom is -0.468 e. The van der Waals surface area contributed by atoms with Crippen molar-refractivity contribution in [3.05, 3.63) is 11.8 Å². The number of thioether (sulfide) groups is 1. The number of likely N-dealkylation sites (N-methyl/N-ethyl adjacent to an activating group) is 1. The third-order valence-corrected chi connectivity index (χ3v) is 5.40. The van der Waals surface area contributed by atoms with Crippen LogP contribution >= 0.6 is 11.8 Å². The Hall–Kier alpha value is -1.01. The van der Waals surface area contributed by atoms with Gasteiger partial charge in [0.05, 0.1) is 17.8 Å². The molecule has 2 unspecified atom stereocenters. The number of carbonyl (C=O) groups is 1. The van der Waals surface area contributed by atoms with E-state index in [-0.39, 0.29) is 5.97 Å². The first kappa shape index (κ1) is 16.4. The van der Waals surface area contributed by atoms with Gasteiger partial charge >= 0.3 is 5.97 Å². The Morgan fingerprint density at radius 3 is 3.00 bits per heavy atom. The predicted octanol–water partition coefficient (Wildman–Crippen LogP) is 2.28. The number of nitrogens with zero attached hydrogens (tertiary/aromatic N) is 2. The van der Waals surface area contributed by atoms with Crippen molar-refractivity contribution in [1.82, 2.24) is 15.1 Å². The minimum atomic E-state index is -0.521. The number of nitrogens with one attached hydrogen (secondary N) is 1. The van der Waals surface area contributed by atoms with Crippen molar-refractivity contribution in [3.63, 3.8) is 0 Å². The van der Waals surface area contributed by atoms with E-state index >= 15 is 0 Å². The van der Waals surface area contributed by atoms with Crippen LogP contribution in [0.5, 0.6) is 0 Å². The molecule has 1 aromatic heterocycles. The van der Waals surface area contributed by atoms with E-state index in [4.69, 9.17) is 4.74 Å². The van der Waals surface area contributed by atoms with Gasteiger partial charge in [-0.2, -0.15) is 5.10 Å². The fraction of sp³-hybridized carbons (Fsp3) is 0.733. The van der Waals surface area contributed by atoms with Gasteiger partial charge in [-0.15, -0.1) is 11.8 Å². The van der Waals surface area contributed by atoms with Crippen LogP contribution in [0.4, 0.5) is 0 Å². The summed E-state index contributed by atoms with van der Waals surface area (Å²) in [5.74, 6) is -0.129. The average molecular weight is 311 g/mol. The first-order valence-electron chi connectivity index (χ1n) is 7.51. The van der Waals surface area contributed by atoms with Crippen LogP contribution in [0.3, 0.4) is 0 Å².